The van der Waals surface area contributed by atoms with Crippen molar-refractivity contribution in [2.75, 3.05) is 13.7 Å². The zero-order valence-electron chi connectivity index (χ0n) is 11.8. The maximum atomic E-state index is 12.7. The van der Waals surface area contributed by atoms with E-state index in [4.69, 9.17) is 16.3 Å². The summed E-state index contributed by atoms with van der Waals surface area (Å²) in [6, 6.07) is 3.55. The number of rotatable bonds is 1. The number of carbonyl (C=O) groups is 2. The van der Waals surface area contributed by atoms with Crippen LogP contribution in [0, 0.1) is 5.92 Å². The molecule has 2 aliphatic heterocycles. The van der Waals surface area contributed by atoms with Gasteiger partial charge in [-0.2, -0.15) is 0 Å². The standard InChI is InChI=1S/C15H17ClN2O3/c1-21-15(20)9-2-3-10-4-6-12-11(5-7-13(16)17-12)14(19)18(10)8-9/h5,7,9-10H,2-4,6,8H2,1H3. The number of carbonyl (C=O) groups excluding carboxylic acids is 2. The van der Waals surface area contributed by atoms with Crippen LogP contribution in [-0.2, 0) is 16.0 Å². The highest BCUT2D eigenvalue weighted by molar-refractivity contribution is 6.29. The number of hydrogen-bond acceptors (Lipinski definition) is 4. The lowest BCUT2D eigenvalue weighted by Gasteiger charge is -2.37. The summed E-state index contributed by atoms with van der Waals surface area (Å²) in [6.07, 6.45) is 3.20. The first-order valence-electron chi connectivity index (χ1n) is 7.14. The third-order valence-corrected chi connectivity index (χ3v) is 4.60. The molecule has 0 spiro atoms. The van der Waals surface area contributed by atoms with Crippen molar-refractivity contribution in [3.05, 3.63) is 28.5 Å². The highest BCUT2D eigenvalue weighted by atomic mass is 35.5. The zero-order chi connectivity index (χ0) is 15.0. The second-order valence-electron chi connectivity index (χ2n) is 5.58. The fourth-order valence-electron chi connectivity index (χ4n) is 3.25. The van der Waals surface area contributed by atoms with Gasteiger partial charge in [0.1, 0.15) is 5.15 Å². The van der Waals surface area contributed by atoms with Gasteiger partial charge >= 0.3 is 5.97 Å². The number of nitrogens with zero attached hydrogens (tertiary/aromatic N) is 2. The maximum absolute atomic E-state index is 12.7. The van der Waals surface area contributed by atoms with Crippen LogP contribution in [0.25, 0.3) is 0 Å². The predicted octanol–water partition coefficient (Wildman–Crippen LogP) is 2.08. The van der Waals surface area contributed by atoms with Gasteiger partial charge in [-0.05, 0) is 37.8 Å². The van der Waals surface area contributed by atoms with E-state index in [9.17, 15) is 9.59 Å². The van der Waals surface area contributed by atoms with Crippen molar-refractivity contribution in [3.63, 3.8) is 0 Å². The van der Waals surface area contributed by atoms with Crippen LogP contribution in [0.4, 0.5) is 0 Å². The van der Waals surface area contributed by atoms with Crippen molar-refractivity contribution in [1.82, 2.24) is 9.88 Å². The Morgan fingerprint density at radius 1 is 1.38 bits per heavy atom. The number of pyridine rings is 1. The topological polar surface area (TPSA) is 59.5 Å². The Morgan fingerprint density at radius 3 is 2.95 bits per heavy atom. The Bertz CT molecular complexity index is 590. The Balaban J connectivity index is 1.89. The van der Waals surface area contributed by atoms with Gasteiger partial charge < -0.3 is 9.64 Å². The fourth-order valence-corrected chi connectivity index (χ4v) is 3.42. The van der Waals surface area contributed by atoms with Crippen molar-refractivity contribution in [2.24, 2.45) is 5.92 Å². The number of ether oxygens (including phenoxy) is 1. The Labute approximate surface area is 128 Å². The van der Waals surface area contributed by atoms with E-state index in [0.717, 1.165) is 31.4 Å². The number of amides is 1. The van der Waals surface area contributed by atoms with E-state index in [-0.39, 0.29) is 23.8 Å². The lowest BCUT2D eigenvalue weighted by atomic mass is 9.91. The molecule has 0 aliphatic carbocycles. The number of hydrogen-bond donors (Lipinski definition) is 0. The largest absolute Gasteiger partial charge is 0.469 e. The van der Waals surface area contributed by atoms with Crippen molar-refractivity contribution in [3.8, 4) is 0 Å². The van der Waals surface area contributed by atoms with Gasteiger partial charge in [0.25, 0.3) is 5.91 Å². The molecule has 0 N–H and O–H groups in total. The number of fused-ring (bicyclic) bond motifs is 2. The summed E-state index contributed by atoms with van der Waals surface area (Å²) in [5.41, 5.74) is 1.36. The quantitative estimate of drug-likeness (QED) is 0.589. The van der Waals surface area contributed by atoms with Crippen LogP contribution < -0.4 is 0 Å². The minimum atomic E-state index is -0.236. The van der Waals surface area contributed by atoms with Gasteiger partial charge in [0.2, 0.25) is 0 Å². The molecule has 0 bridgehead atoms. The minimum Gasteiger partial charge on any atom is -0.469 e. The molecule has 3 rings (SSSR count). The van der Waals surface area contributed by atoms with Crippen molar-refractivity contribution in [2.45, 2.75) is 31.7 Å². The summed E-state index contributed by atoms with van der Waals surface area (Å²) in [5.74, 6) is -0.512. The van der Waals surface area contributed by atoms with Crippen LogP contribution in [-0.4, -0.2) is 41.5 Å². The molecule has 2 aliphatic rings. The van der Waals surface area contributed by atoms with Gasteiger partial charge in [-0.15, -0.1) is 0 Å². The molecule has 0 saturated carbocycles. The van der Waals surface area contributed by atoms with Gasteiger partial charge in [-0.25, -0.2) is 4.98 Å². The van der Waals surface area contributed by atoms with Crippen LogP contribution in [0.5, 0.6) is 0 Å². The molecule has 112 valence electrons. The Morgan fingerprint density at radius 2 is 2.19 bits per heavy atom. The second kappa shape index (κ2) is 5.64. The SMILES string of the molecule is COC(=O)C1CCC2CCc3nc(Cl)ccc3C(=O)N2C1. The molecule has 1 saturated heterocycles. The van der Waals surface area contributed by atoms with Gasteiger partial charge in [-0.3, -0.25) is 9.59 Å². The van der Waals surface area contributed by atoms with Crippen LogP contribution in [0.2, 0.25) is 5.15 Å². The lowest BCUT2D eigenvalue weighted by molar-refractivity contribution is -0.147. The highest BCUT2D eigenvalue weighted by Crippen LogP contribution is 2.31. The second-order valence-corrected chi connectivity index (χ2v) is 5.96. The monoisotopic (exact) mass is 308 g/mol. The van der Waals surface area contributed by atoms with Crippen molar-refractivity contribution >= 4 is 23.5 Å². The van der Waals surface area contributed by atoms with E-state index in [2.05, 4.69) is 4.98 Å². The molecule has 0 aromatic carbocycles. The van der Waals surface area contributed by atoms with Crippen LogP contribution >= 0.6 is 11.6 Å². The molecule has 2 atom stereocenters. The lowest BCUT2D eigenvalue weighted by Crippen LogP contribution is -2.48. The van der Waals surface area contributed by atoms with Crippen LogP contribution in [0.15, 0.2) is 12.1 Å². The third kappa shape index (κ3) is 2.62. The number of aromatic nitrogens is 1. The molecule has 21 heavy (non-hydrogen) atoms. The van der Waals surface area contributed by atoms with Gasteiger partial charge in [0.05, 0.1) is 24.3 Å². The predicted molar refractivity (Wildman–Crippen MR) is 77.1 cm³/mol. The molecule has 1 aromatic heterocycles. The van der Waals surface area contributed by atoms with E-state index >= 15 is 0 Å². The molecule has 2 unspecified atom stereocenters. The number of piperidine rings is 1. The first-order chi connectivity index (χ1) is 10.1. The summed E-state index contributed by atoms with van der Waals surface area (Å²) >= 11 is 5.92. The molecular weight excluding hydrogens is 292 g/mol. The molecule has 6 heteroatoms. The van der Waals surface area contributed by atoms with Crippen molar-refractivity contribution in [1.29, 1.82) is 0 Å². The van der Waals surface area contributed by atoms with E-state index in [1.165, 1.54) is 7.11 Å². The summed E-state index contributed by atoms with van der Waals surface area (Å²) < 4.78 is 4.81. The van der Waals surface area contributed by atoms with Crippen LogP contribution in [0.1, 0.15) is 35.3 Å². The normalized spacial score (nSPS) is 24.9. The minimum absolute atomic E-state index is 0.0507. The van der Waals surface area contributed by atoms with Gasteiger partial charge in [0, 0.05) is 12.6 Å². The summed E-state index contributed by atoms with van der Waals surface area (Å²) in [6.45, 7) is 0.429. The molecule has 5 nitrogen and oxygen atoms in total. The fraction of sp³-hybridized carbons (Fsp3) is 0.533. The van der Waals surface area contributed by atoms with E-state index in [1.54, 1.807) is 12.1 Å². The van der Waals surface area contributed by atoms with Gasteiger partial charge in [0.15, 0.2) is 0 Å². The van der Waals surface area contributed by atoms with Gasteiger partial charge in [-0.1, -0.05) is 11.6 Å². The molecule has 1 aromatic rings. The number of halogens is 1. The smallest absolute Gasteiger partial charge is 0.310 e. The van der Waals surface area contributed by atoms with E-state index < -0.39 is 0 Å². The number of methoxy groups -OCH3 is 1. The molecule has 3 heterocycles. The molecular formula is C15H17ClN2O3. The van der Waals surface area contributed by atoms with Crippen molar-refractivity contribution < 1.29 is 14.3 Å². The Hall–Kier alpha value is -1.62. The first kappa shape index (κ1) is 14.3. The highest BCUT2D eigenvalue weighted by Gasteiger charge is 2.38. The molecule has 1 amide bonds. The maximum Gasteiger partial charge on any atom is 0.310 e. The molecule has 0 radical (unpaired) electrons. The summed E-state index contributed by atoms with van der Waals surface area (Å²) in [4.78, 5) is 30.6. The number of aryl methyl sites for hydroxylation is 1. The molecule has 1 fully saturated rings. The Kier molecular flexibility index (Phi) is 3.85. The first-order valence-corrected chi connectivity index (χ1v) is 7.52. The van der Waals surface area contributed by atoms with E-state index in [0.29, 0.717) is 17.3 Å². The summed E-state index contributed by atoms with van der Waals surface area (Å²) in [5, 5.41) is 0.411. The third-order valence-electron chi connectivity index (χ3n) is 4.39. The van der Waals surface area contributed by atoms with E-state index in [1.807, 2.05) is 4.90 Å². The van der Waals surface area contributed by atoms with Crippen LogP contribution in [0.3, 0.4) is 0 Å². The zero-order valence-corrected chi connectivity index (χ0v) is 12.6. The average Bonchev–Trinajstić information content (AvgIpc) is 2.63. The summed E-state index contributed by atoms with van der Waals surface area (Å²) in [7, 11) is 1.39. The average molecular weight is 309 g/mol. The number of esters is 1.